The Bertz CT molecular complexity index is 1120. The predicted octanol–water partition coefficient (Wildman–Crippen LogP) is 1.78. The van der Waals surface area contributed by atoms with E-state index in [1.165, 1.54) is 42.5 Å². The molecule has 1 aromatic heterocycles. The van der Waals surface area contributed by atoms with Gasteiger partial charge in [0.1, 0.15) is 18.2 Å². The highest BCUT2D eigenvalue weighted by Crippen LogP contribution is 2.35. The maximum atomic E-state index is 14.6. The van der Waals surface area contributed by atoms with Crippen LogP contribution in [0.15, 0.2) is 35.6 Å². The Morgan fingerprint density at radius 2 is 2.09 bits per heavy atom. The number of ketones is 1. The van der Waals surface area contributed by atoms with E-state index in [1.54, 1.807) is 6.92 Å². The molecule has 2 aromatic rings. The number of ether oxygens (including phenoxy) is 1. The third-order valence-corrected chi connectivity index (χ3v) is 4.95. The quantitative estimate of drug-likeness (QED) is 0.541. The molecule has 1 aliphatic rings. The Hall–Kier alpha value is -3.87. The van der Waals surface area contributed by atoms with Crippen LogP contribution < -0.4 is 10.5 Å². The van der Waals surface area contributed by atoms with E-state index in [1.807, 2.05) is 0 Å². The first-order valence-corrected chi connectivity index (χ1v) is 9.64. The van der Waals surface area contributed by atoms with Crippen LogP contribution in [0.5, 0.6) is 5.88 Å². The fourth-order valence-electron chi connectivity index (χ4n) is 3.18. The van der Waals surface area contributed by atoms with Gasteiger partial charge in [-0.25, -0.2) is 23.7 Å². The van der Waals surface area contributed by atoms with E-state index in [2.05, 4.69) is 26.8 Å². The summed E-state index contributed by atoms with van der Waals surface area (Å²) in [5.41, 5.74) is 5.43. The van der Waals surface area contributed by atoms with Crippen LogP contribution in [0.3, 0.4) is 0 Å². The number of alkyl halides is 1. The zero-order chi connectivity index (χ0) is 23.3. The lowest BCUT2D eigenvalue weighted by Gasteiger charge is -2.34. The number of amides is 1. The lowest BCUT2D eigenvalue weighted by Crippen LogP contribution is -2.47. The summed E-state index contributed by atoms with van der Waals surface area (Å²) in [4.78, 5) is 38.4. The van der Waals surface area contributed by atoms with Gasteiger partial charge >= 0.3 is 0 Å². The number of nitrogens with zero attached hydrogens (tertiary/aromatic N) is 4. The second-order valence-corrected chi connectivity index (χ2v) is 7.30. The molecule has 1 aliphatic heterocycles. The number of aromatic nitrogens is 2. The first kappa shape index (κ1) is 22.8. The molecule has 1 aromatic carbocycles. The van der Waals surface area contributed by atoms with Gasteiger partial charge in [0.25, 0.3) is 0 Å². The van der Waals surface area contributed by atoms with Crippen molar-refractivity contribution in [1.82, 2.24) is 14.9 Å². The molecule has 2 heterocycles. The first-order chi connectivity index (χ1) is 15.2. The molecule has 8 nitrogen and oxygen atoms in total. The SMILES string of the molecule is CN1C(=O)CC(C)(c2cc(CC(=O)c3cnc(OCC#CCF)cn3)ccc2F)N=C1N. The minimum atomic E-state index is -1.18. The molecule has 1 atom stereocenters. The fourth-order valence-corrected chi connectivity index (χ4v) is 3.18. The van der Waals surface area contributed by atoms with Crippen LogP contribution in [0.25, 0.3) is 0 Å². The van der Waals surface area contributed by atoms with Gasteiger partial charge in [-0.15, -0.1) is 0 Å². The Morgan fingerprint density at radius 1 is 1.31 bits per heavy atom. The van der Waals surface area contributed by atoms with Crippen molar-refractivity contribution in [3.05, 3.63) is 53.2 Å². The molecular formula is C22H21F2N5O3. The van der Waals surface area contributed by atoms with Gasteiger partial charge in [0, 0.05) is 19.0 Å². The number of carbonyl (C=O) groups is 2. The molecule has 0 aliphatic carbocycles. The number of hydrogen-bond donors (Lipinski definition) is 1. The average molecular weight is 441 g/mol. The van der Waals surface area contributed by atoms with Crippen LogP contribution in [-0.4, -0.2) is 52.8 Å². The van der Waals surface area contributed by atoms with Gasteiger partial charge in [0.2, 0.25) is 11.8 Å². The highest BCUT2D eigenvalue weighted by atomic mass is 19.1. The number of Topliss-reactive ketones (excluding diaryl/α,β-unsaturated/α-hetero) is 1. The van der Waals surface area contributed by atoms with E-state index in [0.717, 1.165) is 0 Å². The lowest BCUT2D eigenvalue weighted by atomic mass is 9.85. The number of halogens is 2. The largest absolute Gasteiger partial charge is 0.463 e. The van der Waals surface area contributed by atoms with Gasteiger partial charge in [-0.05, 0) is 24.6 Å². The van der Waals surface area contributed by atoms with Crippen LogP contribution in [0.2, 0.25) is 0 Å². The molecule has 166 valence electrons. The highest BCUT2D eigenvalue weighted by Gasteiger charge is 2.38. The van der Waals surface area contributed by atoms with Crippen LogP contribution in [0, 0.1) is 17.7 Å². The van der Waals surface area contributed by atoms with Crippen molar-refractivity contribution in [2.45, 2.75) is 25.3 Å². The minimum absolute atomic E-state index is 0.00196. The van der Waals surface area contributed by atoms with E-state index >= 15 is 0 Å². The standard InChI is InChI=1S/C22H21F2N5O3/c1-22(11-20(31)29(2)21(25)28-22)15-9-14(5-6-16(15)24)10-18(30)17-12-27-19(13-26-17)32-8-4-3-7-23/h5-6,9,12-13H,7-8,10-11H2,1-2H3,(H2,25,28). The van der Waals surface area contributed by atoms with E-state index < -0.39 is 18.0 Å². The van der Waals surface area contributed by atoms with Gasteiger partial charge in [-0.3, -0.25) is 14.5 Å². The second kappa shape index (κ2) is 9.51. The van der Waals surface area contributed by atoms with Crippen molar-refractivity contribution >= 4 is 17.6 Å². The van der Waals surface area contributed by atoms with Crippen molar-refractivity contribution < 1.29 is 23.1 Å². The summed E-state index contributed by atoms with van der Waals surface area (Å²) in [6.07, 6.45) is 2.41. The van der Waals surface area contributed by atoms with Gasteiger partial charge < -0.3 is 10.5 Å². The van der Waals surface area contributed by atoms with Gasteiger partial charge in [-0.1, -0.05) is 17.9 Å². The zero-order valence-corrected chi connectivity index (χ0v) is 17.6. The maximum Gasteiger partial charge on any atom is 0.233 e. The normalized spacial score (nSPS) is 17.9. The zero-order valence-electron chi connectivity index (χ0n) is 17.6. The Kier molecular flexibility index (Phi) is 6.78. The molecular weight excluding hydrogens is 420 g/mol. The Balaban J connectivity index is 1.76. The topological polar surface area (TPSA) is 111 Å². The molecule has 0 saturated carbocycles. The molecule has 1 amide bonds. The third-order valence-electron chi connectivity index (χ3n) is 4.95. The molecule has 3 rings (SSSR count). The number of nitrogens with two attached hydrogens (primary N) is 1. The molecule has 0 bridgehead atoms. The Morgan fingerprint density at radius 3 is 2.75 bits per heavy atom. The summed E-state index contributed by atoms with van der Waals surface area (Å²) in [7, 11) is 1.50. The number of benzene rings is 1. The molecule has 0 spiro atoms. The van der Waals surface area contributed by atoms with E-state index in [-0.39, 0.29) is 54.2 Å². The molecule has 10 heteroatoms. The fraction of sp³-hybridized carbons (Fsp3) is 0.318. The molecule has 2 N–H and O–H groups in total. The third kappa shape index (κ3) is 5.06. The van der Waals surface area contributed by atoms with Gasteiger partial charge in [-0.2, -0.15) is 0 Å². The van der Waals surface area contributed by atoms with Crippen molar-refractivity contribution in [2.75, 3.05) is 20.3 Å². The average Bonchev–Trinajstić information content (AvgIpc) is 2.76. The van der Waals surface area contributed by atoms with Gasteiger partial charge in [0.15, 0.2) is 18.3 Å². The number of guanidine groups is 1. The minimum Gasteiger partial charge on any atom is -0.463 e. The lowest BCUT2D eigenvalue weighted by molar-refractivity contribution is -0.128. The summed E-state index contributed by atoms with van der Waals surface area (Å²) in [5.74, 6) is 3.63. The number of carbonyl (C=O) groups excluding carboxylic acids is 2. The van der Waals surface area contributed by atoms with Gasteiger partial charge in [0.05, 0.1) is 24.4 Å². The molecule has 1 unspecified atom stereocenters. The molecule has 0 saturated heterocycles. The van der Waals surface area contributed by atoms with Crippen LogP contribution in [0.1, 0.15) is 35.0 Å². The van der Waals surface area contributed by atoms with E-state index in [0.29, 0.717) is 5.56 Å². The second-order valence-electron chi connectivity index (χ2n) is 7.30. The van der Waals surface area contributed by atoms with Crippen molar-refractivity contribution in [2.24, 2.45) is 10.7 Å². The molecule has 0 fully saturated rings. The highest BCUT2D eigenvalue weighted by molar-refractivity contribution is 5.99. The number of hydrogen-bond acceptors (Lipinski definition) is 7. The summed E-state index contributed by atoms with van der Waals surface area (Å²) in [6.45, 7) is 0.811. The van der Waals surface area contributed by atoms with Crippen molar-refractivity contribution in [3.8, 4) is 17.7 Å². The maximum absolute atomic E-state index is 14.6. The van der Waals surface area contributed by atoms with Crippen molar-refractivity contribution in [3.63, 3.8) is 0 Å². The summed E-state index contributed by atoms with van der Waals surface area (Å²) < 4.78 is 31.7. The van der Waals surface area contributed by atoms with Crippen LogP contribution in [-0.2, 0) is 16.8 Å². The Labute approximate surface area is 183 Å². The first-order valence-electron chi connectivity index (χ1n) is 9.64. The number of aliphatic imine (C=N–C) groups is 1. The summed E-state index contributed by atoms with van der Waals surface area (Å²) >= 11 is 0. The van der Waals surface area contributed by atoms with E-state index in [4.69, 9.17) is 10.5 Å². The monoisotopic (exact) mass is 441 g/mol. The molecule has 32 heavy (non-hydrogen) atoms. The van der Waals surface area contributed by atoms with Crippen molar-refractivity contribution in [1.29, 1.82) is 0 Å². The van der Waals surface area contributed by atoms with Crippen LogP contribution in [0.4, 0.5) is 8.78 Å². The summed E-state index contributed by atoms with van der Waals surface area (Å²) in [6, 6.07) is 4.23. The smallest absolute Gasteiger partial charge is 0.233 e. The predicted molar refractivity (Wildman–Crippen MR) is 112 cm³/mol. The summed E-state index contributed by atoms with van der Waals surface area (Å²) in [5, 5.41) is 0. The van der Waals surface area contributed by atoms with E-state index in [9.17, 15) is 18.4 Å². The molecule has 0 radical (unpaired) electrons. The van der Waals surface area contributed by atoms with Crippen LogP contribution >= 0.6 is 0 Å². The number of rotatable bonds is 6.